The Morgan fingerprint density at radius 1 is 1.31 bits per heavy atom. The van der Waals surface area contributed by atoms with Gasteiger partial charge in [0.1, 0.15) is 5.82 Å². The average molecular weight is 176 g/mol. The number of piperazine rings is 1. The molecule has 3 fully saturated rings. The lowest BCUT2D eigenvalue weighted by Gasteiger charge is -2.48. The van der Waals surface area contributed by atoms with Gasteiger partial charge in [0.15, 0.2) is 0 Å². The summed E-state index contributed by atoms with van der Waals surface area (Å²) >= 11 is 0. The highest BCUT2D eigenvalue weighted by molar-refractivity contribution is 5.38. The summed E-state index contributed by atoms with van der Waals surface area (Å²) in [5.41, 5.74) is 0. The molecule has 4 heterocycles. The number of hydrogen-bond donors (Lipinski definition) is 1. The van der Waals surface area contributed by atoms with Crippen molar-refractivity contribution in [2.24, 2.45) is 0 Å². The zero-order chi connectivity index (χ0) is 8.67. The molecule has 0 saturated carbocycles. The fourth-order valence-electron chi connectivity index (χ4n) is 2.16. The van der Waals surface area contributed by atoms with Crippen molar-refractivity contribution in [1.82, 2.24) is 15.3 Å². The number of rotatable bonds is 1. The van der Waals surface area contributed by atoms with Crippen molar-refractivity contribution in [2.75, 3.05) is 18.0 Å². The van der Waals surface area contributed by atoms with Crippen LogP contribution in [-0.2, 0) is 0 Å². The van der Waals surface area contributed by atoms with E-state index in [-0.39, 0.29) is 0 Å². The summed E-state index contributed by atoms with van der Waals surface area (Å²) in [6.07, 6.45) is 6.64. The lowest BCUT2D eigenvalue weighted by molar-refractivity contribution is 0.225. The van der Waals surface area contributed by atoms with Gasteiger partial charge in [-0.05, 0) is 6.42 Å². The number of nitrogens with one attached hydrogen (secondary N) is 1. The van der Waals surface area contributed by atoms with E-state index in [0.717, 1.165) is 18.9 Å². The van der Waals surface area contributed by atoms with Gasteiger partial charge in [-0.1, -0.05) is 0 Å². The summed E-state index contributed by atoms with van der Waals surface area (Å²) in [6.45, 7) is 2.16. The van der Waals surface area contributed by atoms with Crippen LogP contribution in [0.3, 0.4) is 0 Å². The zero-order valence-corrected chi connectivity index (χ0v) is 7.35. The maximum atomic E-state index is 4.29. The first-order valence-electron chi connectivity index (χ1n) is 4.69. The van der Waals surface area contributed by atoms with E-state index >= 15 is 0 Å². The van der Waals surface area contributed by atoms with E-state index in [1.807, 2.05) is 6.20 Å². The van der Waals surface area contributed by atoms with Gasteiger partial charge in [-0.3, -0.25) is 4.98 Å². The normalized spacial score (nSPS) is 31.2. The molecule has 2 atom stereocenters. The Labute approximate surface area is 77.0 Å². The molecule has 3 aliphatic rings. The van der Waals surface area contributed by atoms with Crippen LogP contribution in [0.2, 0.25) is 0 Å². The van der Waals surface area contributed by atoms with E-state index in [1.165, 1.54) is 6.42 Å². The van der Waals surface area contributed by atoms with Crippen LogP contribution in [0.4, 0.5) is 5.82 Å². The van der Waals surface area contributed by atoms with E-state index in [0.29, 0.717) is 12.1 Å². The number of aromatic nitrogens is 2. The predicted octanol–water partition coefficient (Wildman–Crippen LogP) is 0.0271. The van der Waals surface area contributed by atoms with Gasteiger partial charge in [0.25, 0.3) is 0 Å². The minimum Gasteiger partial charge on any atom is -0.352 e. The van der Waals surface area contributed by atoms with Crippen molar-refractivity contribution < 1.29 is 0 Å². The highest BCUT2D eigenvalue weighted by Gasteiger charge is 2.36. The van der Waals surface area contributed by atoms with Crippen LogP contribution in [-0.4, -0.2) is 35.1 Å². The monoisotopic (exact) mass is 176 g/mol. The number of nitrogens with zero attached hydrogens (tertiary/aromatic N) is 3. The highest BCUT2D eigenvalue weighted by atomic mass is 15.3. The molecule has 13 heavy (non-hydrogen) atoms. The lowest BCUT2D eigenvalue weighted by atomic mass is 9.91. The van der Waals surface area contributed by atoms with Crippen molar-refractivity contribution in [1.29, 1.82) is 0 Å². The van der Waals surface area contributed by atoms with Crippen molar-refractivity contribution in [3.63, 3.8) is 0 Å². The number of fused-ring (bicyclic) bond motifs is 2. The molecule has 0 aliphatic carbocycles. The molecule has 0 radical (unpaired) electrons. The lowest BCUT2D eigenvalue weighted by Crippen LogP contribution is -2.67. The second kappa shape index (κ2) is 2.67. The summed E-state index contributed by atoms with van der Waals surface area (Å²) < 4.78 is 0. The second-order valence-electron chi connectivity index (χ2n) is 3.76. The maximum absolute atomic E-state index is 4.29. The molecule has 2 unspecified atom stereocenters. The third-order valence-corrected chi connectivity index (χ3v) is 2.80. The maximum Gasteiger partial charge on any atom is 0.147 e. The van der Waals surface area contributed by atoms with E-state index in [1.54, 1.807) is 12.4 Å². The van der Waals surface area contributed by atoms with E-state index in [2.05, 4.69) is 20.2 Å². The van der Waals surface area contributed by atoms with Gasteiger partial charge in [-0.2, -0.15) is 0 Å². The minimum absolute atomic E-state index is 0.681. The molecule has 1 aromatic rings. The molecular weight excluding hydrogens is 164 g/mol. The van der Waals surface area contributed by atoms with Crippen LogP contribution >= 0.6 is 0 Å². The van der Waals surface area contributed by atoms with Gasteiger partial charge in [0, 0.05) is 37.6 Å². The fraction of sp³-hybridized carbons (Fsp3) is 0.556. The summed E-state index contributed by atoms with van der Waals surface area (Å²) in [5, 5.41) is 3.49. The Morgan fingerprint density at radius 3 is 2.69 bits per heavy atom. The number of anilines is 1. The zero-order valence-electron chi connectivity index (χ0n) is 7.35. The Morgan fingerprint density at radius 2 is 2.08 bits per heavy atom. The van der Waals surface area contributed by atoms with E-state index in [4.69, 9.17) is 0 Å². The summed E-state index contributed by atoms with van der Waals surface area (Å²) in [7, 11) is 0. The van der Waals surface area contributed by atoms with Gasteiger partial charge < -0.3 is 10.2 Å². The van der Waals surface area contributed by atoms with Gasteiger partial charge in [0.05, 0.1) is 6.20 Å². The molecule has 3 aliphatic heterocycles. The van der Waals surface area contributed by atoms with Crippen molar-refractivity contribution in [3.8, 4) is 0 Å². The average Bonchev–Trinajstić information content (AvgIpc) is 2.18. The second-order valence-corrected chi connectivity index (χ2v) is 3.76. The third kappa shape index (κ3) is 1.18. The van der Waals surface area contributed by atoms with E-state index < -0.39 is 0 Å². The molecule has 4 rings (SSSR count). The first-order valence-corrected chi connectivity index (χ1v) is 4.69. The molecule has 4 nitrogen and oxygen atoms in total. The molecule has 0 spiro atoms. The summed E-state index contributed by atoms with van der Waals surface area (Å²) in [4.78, 5) is 10.7. The predicted molar refractivity (Wildman–Crippen MR) is 49.6 cm³/mol. The molecule has 3 saturated heterocycles. The molecule has 1 aromatic heterocycles. The molecule has 2 bridgehead atoms. The Kier molecular flexibility index (Phi) is 1.49. The smallest absolute Gasteiger partial charge is 0.147 e. The van der Waals surface area contributed by atoms with Crippen LogP contribution in [0.25, 0.3) is 0 Å². The van der Waals surface area contributed by atoms with Gasteiger partial charge >= 0.3 is 0 Å². The van der Waals surface area contributed by atoms with Crippen LogP contribution < -0.4 is 10.2 Å². The highest BCUT2D eigenvalue weighted by Crippen LogP contribution is 2.23. The van der Waals surface area contributed by atoms with Crippen LogP contribution in [0, 0.1) is 0 Å². The van der Waals surface area contributed by atoms with Crippen LogP contribution in [0.15, 0.2) is 18.6 Å². The molecule has 0 aromatic carbocycles. The molecule has 1 N–H and O–H groups in total. The van der Waals surface area contributed by atoms with Crippen molar-refractivity contribution in [2.45, 2.75) is 18.5 Å². The quantitative estimate of drug-likeness (QED) is 0.655. The van der Waals surface area contributed by atoms with Gasteiger partial charge in [-0.25, -0.2) is 4.98 Å². The first kappa shape index (κ1) is 7.26. The Bertz CT molecular complexity index is 284. The van der Waals surface area contributed by atoms with Gasteiger partial charge in [0.2, 0.25) is 0 Å². The topological polar surface area (TPSA) is 41.1 Å². The number of piperidine rings is 1. The molecular formula is C9H12N4. The standard InChI is InChI=1S/C9H12N4/c1-2-11-9(4-10-1)13-5-7-3-8(6-13)12-7/h1-2,4,7-8,12H,3,5-6H2. The summed E-state index contributed by atoms with van der Waals surface area (Å²) in [6, 6.07) is 1.36. The molecule has 4 heteroatoms. The number of hydrogen-bond acceptors (Lipinski definition) is 4. The van der Waals surface area contributed by atoms with Crippen LogP contribution in [0.1, 0.15) is 6.42 Å². The first-order chi connectivity index (χ1) is 6.42. The summed E-state index contributed by atoms with van der Waals surface area (Å²) in [5.74, 6) is 1.01. The minimum atomic E-state index is 0.681. The van der Waals surface area contributed by atoms with Gasteiger partial charge in [-0.15, -0.1) is 0 Å². The van der Waals surface area contributed by atoms with Crippen molar-refractivity contribution >= 4 is 5.82 Å². The van der Waals surface area contributed by atoms with Crippen molar-refractivity contribution in [3.05, 3.63) is 18.6 Å². The molecule has 0 amide bonds. The Hall–Kier alpha value is -1.16. The SMILES string of the molecule is c1cnc(N2CC3CC(C2)N3)cn1. The Balaban J connectivity index is 1.79. The third-order valence-electron chi connectivity index (χ3n) is 2.80. The largest absolute Gasteiger partial charge is 0.352 e. The molecule has 68 valence electrons. The fourth-order valence-corrected chi connectivity index (χ4v) is 2.16. The van der Waals surface area contributed by atoms with Crippen LogP contribution in [0.5, 0.6) is 0 Å². The van der Waals surface area contributed by atoms with E-state index in [9.17, 15) is 0 Å².